The van der Waals surface area contributed by atoms with E-state index in [4.69, 9.17) is 21.7 Å². The quantitative estimate of drug-likeness (QED) is 0.114. The van der Waals surface area contributed by atoms with Crippen LogP contribution >= 0.6 is 19.5 Å². The minimum absolute atomic E-state index is 0.535. The third-order valence-electron chi connectivity index (χ3n) is 7.42. The van der Waals surface area contributed by atoms with Gasteiger partial charge in [-0.2, -0.15) is 0 Å². The van der Waals surface area contributed by atoms with E-state index in [1.807, 2.05) is 62.4 Å². The lowest BCUT2D eigenvalue weighted by atomic mass is 10.3. The van der Waals surface area contributed by atoms with Crippen molar-refractivity contribution in [1.29, 1.82) is 0 Å². The summed E-state index contributed by atoms with van der Waals surface area (Å²) in [6.45, 7) is 5.24. The zero-order valence-electron chi connectivity index (χ0n) is 26.8. The van der Waals surface area contributed by atoms with Crippen LogP contribution in [0.15, 0.2) is 170 Å². The van der Waals surface area contributed by atoms with Crippen molar-refractivity contribution in [3.05, 3.63) is 170 Å². The number of benzene rings is 6. The summed E-state index contributed by atoms with van der Waals surface area (Å²) in [6, 6.07) is 59.2. The van der Waals surface area contributed by atoms with Crippen LogP contribution in [0.3, 0.4) is 0 Å². The molecule has 0 saturated carbocycles. The van der Waals surface area contributed by atoms with E-state index in [9.17, 15) is 0 Å². The first kappa shape index (κ1) is 33.4. The van der Waals surface area contributed by atoms with Crippen molar-refractivity contribution in [2.45, 2.75) is 13.8 Å². The first-order valence-electron chi connectivity index (χ1n) is 15.8. The second-order valence-electron chi connectivity index (χ2n) is 10.5. The van der Waals surface area contributed by atoms with E-state index >= 15 is 0 Å². The van der Waals surface area contributed by atoms with Gasteiger partial charge in [-0.25, -0.2) is 0 Å². The van der Waals surface area contributed by atoms with Crippen molar-refractivity contribution in [3.63, 3.8) is 0 Å². The van der Waals surface area contributed by atoms with Crippen LogP contribution in [0.2, 0.25) is 0 Å². The van der Waals surface area contributed by atoms with Crippen molar-refractivity contribution in [2.24, 2.45) is 0 Å². The molecule has 0 amide bonds. The van der Waals surface area contributed by atoms with Gasteiger partial charge in [0.25, 0.3) is 0 Å². The molecule has 6 rings (SSSR count). The SMILES string of the molecule is CCOc1ccc(NC(=S)Nc2ccc(OCC)cc2)cc1.c1ccc([P+](c2ccccc2)(c2ccccc2)c2ccccc2)cc1. The number of thiocarbonyl (C=S) groups is 1. The van der Waals surface area contributed by atoms with Crippen LogP contribution in [-0.4, -0.2) is 18.3 Å². The molecule has 6 aromatic rings. The monoisotopic (exact) mass is 655 g/mol. The summed E-state index contributed by atoms with van der Waals surface area (Å²) in [5.74, 6) is 1.69. The number of rotatable bonds is 10. The number of nitrogens with one attached hydrogen (secondary N) is 2. The Kier molecular flexibility index (Phi) is 12.1. The van der Waals surface area contributed by atoms with E-state index in [1.165, 1.54) is 21.2 Å². The molecule has 236 valence electrons. The van der Waals surface area contributed by atoms with Gasteiger partial charge in [0.2, 0.25) is 0 Å². The first-order valence-corrected chi connectivity index (χ1v) is 18.0. The summed E-state index contributed by atoms with van der Waals surface area (Å²) >= 11 is 5.30. The zero-order valence-corrected chi connectivity index (χ0v) is 28.5. The fourth-order valence-corrected chi connectivity index (χ4v) is 9.90. The summed E-state index contributed by atoms with van der Waals surface area (Å²) in [5.41, 5.74) is 1.82. The fourth-order valence-electron chi connectivity index (χ4n) is 5.40. The van der Waals surface area contributed by atoms with E-state index in [-0.39, 0.29) is 0 Å². The molecule has 0 aliphatic rings. The summed E-state index contributed by atoms with van der Waals surface area (Å²) in [5, 5.41) is 12.4. The van der Waals surface area contributed by atoms with Crippen LogP contribution < -0.4 is 41.3 Å². The Morgan fingerprint density at radius 2 is 0.723 bits per heavy atom. The van der Waals surface area contributed by atoms with Gasteiger partial charge in [-0.15, -0.1) is 0 Å². The van der Waals surface area contributed by atoms with Crippen LogP contribution in [0.4, 0.5) is 11.4 Å². The highest BCUT2D eigenvalue weighted by atomic mass is 32.1. The smallest absolute Gasteiger partial charge is 0.175 e. The van der Waals surface area contributed by atoms with Crippen LogP contribution in [0.25, 0.3) is 0 Å². The minimum atomic E-state index is -1.91. The maximum absolute atomic E-state index is 5.40. The molecule has 0 atom stereocenters. The van der Waals surface area contributed by atoms with E-state index < -0.39 is 7.26 Å². The van der Waals surface area contributed by atoms with E-state index in [0.717, 1.165) is 22.9 Å². The lowest BCUT2D eigenvalue weighted by Gasteiger charge is -2.27. The van der Waals surface area contributed by atoms with Crippen molar-refractivity contribution >= 4 is 57.2 Å². The molecular formula is C41H40N2O2PS+. The minimum Gasteiger partial charge on any atom is -0.494 e. The maximum atomic E-state index is 5.40. The molecular weight excluding hydrogens is 616 g/mol. The summed E-state index contributed by atoms with van der Waals surface area (Å²) in [7, 11) is -1.91. The molecule has 0 spiro atoms. The Balaban J connectivity index is 0.000000186. The molecule has 6 aromatic carbocycles. The predicted octanol–water partition coefficient (Wildman–Crippen LogP) is 8.60. The Morgan fingerprint density at radius 1 is 0.447 bits per heavy atom. The van der Waals surface area contributed by atoms with Gasteiger partial charge in [-0.1, -0.05) is 72.8 Å². The van der Waals surface area contributed by atoms with Crippen molar-refractivity contribution in [1.82, 2.24) is 0 Å². The van der Waals surface area contributed by atoms with Gasteiger partial charge in [0.15, 0.2) is 5.11 Å². The van der Waals surface area contributed by atoms with Gasteiger partial charge in [0.1, 0.15) is 40.0 Å². The van der Waals surface area contributed by atoms with Gasteiger partial charge in [0, 0.05) is 11.4 Å². The molecule has 47 heavy (non-hydrogen) atoms. The third-order valence-corrected chi connectivity index (χ3v) is 11.9. The summed E-state index contributed by atoms with van der Waals surface area (Å²) < 4.78 is 10.8. The maximum Gasteiger partial charge on any atom is 0.175 e. The average molecular weight is 656 g/mol. The van der Waals surface area contributed by atoms with Crippen molar-refractivity contribution in [3.8, 4) is 11.5 Å². The van der Waals surface area contributed by atoms with Crippen molar-refractivity contribution in [2.75, 3.05) is 23.8 Å². The molecule has 0 unspecified atom stereocenters. The normalized spacial score (nSPS) is 10.6. The lowest BCUT2D eigenvalue weighted by Crippen LogP contribution is -2.38. The third kappa shape index (κ3) is 8.65. The van der Waals surface area contributed by atoms with Crippen LogP contribution in [0.5, 0.6) is 11.5 Å². The average Bonchev–Trinajstić information content (AvgIpc) is 3.13. The molecule has 0 saturated heterocycles. The second-order valence-corrected chi connectivity index (χ2v) is 14.3. The highest BCUT2D eigenvalue weighted by molar-refractivity contribution is 8.01. The number of hydrogen-bond acceptors (Lipinski definition) is 3. The molecule has 0 aromatic heterocycles. The molecule has 0 heterocycles. The molecule has 4 nitrogen and oxygen atoms in total. The summed E-state index contributed by atoms with van der Waals surface area (Å²) in [6.07, 6.45) is 0. The molecule has 0 bridgehead atoms. The number of anilines is 2. The van der Waals surface area contributed by atoms with Crippen LogP contribution in [-0.2, 0) is 0 Å². The van der Waals surface area contributed by atoms with Crippen LogP contribution in [0.1, 0.15) is 13.8 Å². The fraction of sp³-hybridized carbons (Fsp3) is 0.0976. The Labute approximate surface area is 284 Å². The zero-order chi connectivity index (χ0) is 32.7. The standard InChI is InChI=1S/C24H20P.C17H20N2O2S/c1-5-13-21(14-6-1)25(22-15-7-2-8-16-22,23-17-9-3-10-18-23)24-19-11-4-12-20-24;1-3-20-15-9-5-13(6-10-15)18-17(22)19-14-7-11-16(12-8-14)21-4-2/h1-20H;5-12H,3-4H2,1-2H3,(H2,18,19,22)/q+1;. The topological polar surface area (TPSA) is 42.5 Å². The molecule has 0 radical (unpaired) electrons. The van der Waals surface area contributed by atoms with Crippen LogP contribution in [0, 0.1) is 0 Å². The van der Waals surface area contributed by atoms with E-state index in [0.29, 0.717) is 18.3 Å². The second kappa shape index (κ2) is 17.1. The molecule has 2 N–H and O–H groups in total. The Bertz CT molecular complexity index is 1570. The Morgan fingerprint density at radius 3 is 0.979 bits per heavy atom. The van der Waals surface area contributed by atoms with E-state index in [1.54, 1.807) is 0 Å². The largest absolute Gasteiger partial charge is 0.494 e. The molecule has 0 aliphatic heterocycles. The Hall–Kier alpha value is -4.96. The lowest BCUT2D eigenvalue weighted by molar-refractivity contribution is 0.340. The molecule has 6 heteroatoms. The first-order chi connectivity index (χ1) is 23.1. The molecule has 0 aliphatic carbocycles. The van der Waals surface area contributed by atoms with E-state index in [2.05, 4.69) is 132 Å². The van der Waals surface area contributed by atoms with Gasteiger partial charge < -0.3 is 20.1 Å². The van der Waals surface area contributed by atoms with Gasteiger partial charge in [-0.05, 0) is 123 Å². The number of ether oxygens (including phenoxy) is 2. The number of hydrogen-bond donors (Lipinski definition) is 2. The summed E-state index contributed by atoms with van der Waals surface area (Å²) in [4.78, 5) is 0. The highest BCUT2D eigenvalue weighted by Gasteiger charge is 2.47. The molecule has 0 fully saturated rings. The van der Waals surface area contributed by atoms with Gasteiger partial charge in [0.05, 0.1) is 13.2 Å². The highest BCUT2D eigenvalue weighted by Crippen LogP contribution is 2.54. The van der Waals surface area contributed by atoms with Crippen molar-refractivity contribution < 1.29 is 9.47 Å². The van der Waals surface area contributed by atoms with Gasteiger partial charge >= 0.3 is 0 Å². The van der Waals surface area contributed by atoms with Gasteiger partial charge in [-0.3, -0.25) is 0 Å². The predicted molar refractivity (Wildman–Crippen MR) is 206 cm³/mol.